The molecule has 0 radical (unpaired) electrons. The van der Waals surface area contributed by atoms with Crippen LogP contribution in [0.4, 0.5) is 4.79 Å². The van der Waals surface area contributed by atoms with Gasteiger partial charge in [-0.05, 0) is 46.9 Å². The van der Waals surface area contributed by atoms with Crippen molar-refractivity contribution in [3.05, 3.63) is 64.2 Å². The third-order valence-electron chi connectivity index (χ3n) is 5.90. The number of benzene rings is 2. The summed E-state index contributed by atoms with van der Waals surface area (Å²) >= 11 is 1.03. The Morgan fingerprint density at radius 3 is 1.97 bits per heavy atom. The van der Waals surface area contributed by atoms with E-state index in [2.05, 4.69) is 10.6 Å². The van der Waals surface area contributed by atoms with Gasteiger partial charge >= 0.3 is 0 Å². The molecular weight excluding hydrogens is 448 g/mol. The van der Waals surface area contributed by atoms with Gasteiger partial charge < -0.3 is 10.4 Å². The fourth-order valence-corrected chi connectivity index (χ4v) is 4.77. The van der Waals surface area contributed by atoms with Crippen LogP contribution < -0.4 is 10.6 Å². The molecule has 34 heavy (non-hydrogen) atoms. The number of nitrogens with one attached hydrogen (secondary N) is 2. The predicted molar refractivity (Wildman–Crippen MR) is 137 cm³/mol. The minimum atomic E-state index is -0.376. The van der Waals surface area contributed by atoms with Gasteiger partial charge in [-0.3, -0.25) is 19.7 Å². The highest BCUT2D eigenvalue weighted by atomic mass is 32.2. The van der Waals surface area contributed by atoms with E-state index in [1.54, 1.807) is 12.1 Å². The van der Waals surface area contributed by atoms with E-state index < -0.39 is 0 Å². The molecule has 0 aromatic heterocycles. The normalized spacial score (nSPS) is 16.5. The van der Waals surface area contributed by atoms with Crippen molar-refractivity contribution in [2.45, 2.75) is 70.5 Å². The lowest BCUT2D eigenvalue weighted by atomic mass is 9.78. The maximum absolute atomic E-state index is 12.9. The third kappa shape index (κ3) is 6.20. The van der Waals surface area contributed by atoms with Gasteiger partial charge in [0.2, 0.25) is 5.91 Å². The first-order chi connectivity index (χ1) is 15.8. The molecule has 0 bridgehead atoms. The minimum absolute atomic E-state index is 0.165. The number of thioether (sulfide) groups is 1. The van der Waals surface area contributed by atoms with Crippen molar-refractivity contribution in [1.29, 1.82) is 0 Å². The van der Waals surface area contributed by atoms with Gasteiger partial charge in [-0.1, -0.05) is 77.6 Å². The standard InChI is InChI=1S/C27H34N2O4S/c1-26(2,3)19-14-18(15-20(22(19)30)27(4,5)6)23(31)28-12-11-16-7-9-17(10-8-16)13-21-24(32)29-25(33)34-21/h7-10,14-15,21,30H,11-13H2,1-6H3,(H,28,31)(H,29,32,33)/t21-/m1/s1. The molecule has 1 atom stereocenters. The number of rotatable bonds is 6. The zero-order valence-electron chi connectivity index (χ0n) is 20.7. The molecule has 0 aliphatic carbocycles. The molecule has 6 nitrogen and oxygen atoms in total. The Morgan fingerprint density at radius 2 is 1.50 bits per heavy atom. The molecule has 2 aromatic rings. The SMILES string of the molecule is CC(C)(C)c1cc(C(=O)NCCc2ccc(C[C@H]3SC(=O)NC3=O)cc2)cc(C(C)(C)C)c1O. The summed E-state index contributed by atoms with van der Waals surface area (Å²) in [5.74, 6) is -0.142. The Labute approximate surface area is 205 Å². The van der Waals surface area contributed by atoms with Crippen LogP contribution in [-0.2, 0) is 28.5 Å². The molecule has 1 aliphatic heterocycles. The van der Waals surface area contributed by atoms with Crippen molar-refractivity contribution >= 4 is 28.8 Å². The monoisotopic (exact) mass is 482 g/mol. The minimum Gasteiger partial charge on any atom is -0.507 e. The lowest BCUT2D eigenvalue weighted by Gasteiger charge is -2.28. The quantitative estimate of drug-likeness (QED) is 0.547. The van der Waals surface area contributed by atoms with Crippen LogP contribution in [-0.4, -0.2) is 34.0 Å². The van der Waals surface area contributed by atoms with E-state index in [1.165, 1.54) is 0 Å². The second kappa shape index (κ2) is 9.82. The van der Waals surface area contributed by atoms with Crippen LogP contribution in [0.15, 0.2) is 36.4 Å². The fourth-order valence-electron chi connectivity index (χ4n) is 3.92. The Kier molecular flexibility index (Phi) is 7.46. The van der Waals surface area contributed by atoms with Crippen molar-refractivity contribution in [2.75, 3.05) is 6.54 Å². The highest BCUT2D eigenvalue weighted by molar-refractivity contribution is 8.15. The number of carbonyl (C=O) groups is 3. The van der Waals surface area contributed by atoms with Crippen LogP contribution in [0.1, 0.15) is 74.2 Å². The number of amides is 3. The first kappa shape index (κ1) is 25.8. The second-order valence-electron chi connectivity index (χ2n) is 10.8. The lowest BCUT2D eigenvalue weighted by molar-refractivity contribution is -0.118. The molecule has 0 saturated carbocycles. The third-order valence-corrected chi connectivity index (χ3v) is 6.88. The molecule has 2 aromatic carbocycles. The molecule has 1 saturated heterocycles. The highest BCUT2D eigenvalue weighted by Crippen LogP contribution is 2.39. The summed E-state index contributed by atoms with van der Waals surface area (Å²) in [5.41, 5.74) is 3.53. The lowest BCUT2D eigenvalue weighted by Crippen LogP contribution is -2.27. The fraction of sp³-hybridized carbons (Fsp3) is 0.444. The molecule has 1 heterocycles. The molecule has 1 fully saturated rings. The van der Waals surface area contributed by atoms with Crippen molar-refractivity contribution in [3.63, 3.8) is 0 Å². The van der Waals surface area contributed by atoms with Crippen LogP contribution in [0.3, 0.4) is 0 Å². The van der Waals surface area contributed by atoms with E-state index in [9.17, 15) is 19.5 Å². The molecule has 3 amide bonds. The first-order valence-electron chi connectivity index (χ1n) is 11.5. The Hall–Kier alpha value is -2.80. The predicted octanol–water partition coefficient (Wildman–Crippen LogP) is 4.85. The number of phenols is 1. The second-order valence-corrected chi connectivity index (χ2v) is 12.0. The van der Waals surface area contributed by atoms with Gasteiger partial charge in [-0.15, -0.1) is 0 Å². The molecule has 0 spiro atoms. The van der Waals surface area contributed by atoms with E-state index in [4.69, 9.17) is 0 Å². The topological polar surface area (TPSA) is 95.5 Å². The summed E-state index contributed by atoms with van der Waals surface area (Å²) in [4.78, 5) is 36.0. The van der Waals surface area contributed by atoms with E-state index in [1.807, 2.05) is 65.8 Å². The van der Waals surface area contributed by atoms with Crippen LogP contribution in [0.25, 0.3) is 0 Å². The van der Waals surface area contributed by atoms with Crippen molar-refractivity contribution in [2.24, 2.45) is 0 Å². The Balaban J connectivity index is 1.64. The van der Waals surface area contributed by atoms with E-state index in [0.29, 0.717) is 24.9 Å². The van der Waals surface area contributed by atoms with Crippen LogP contribution in [0, 0.1) is 0 Å². The van der Waals surface area contributed by atoms with Crippen LogP contribution in [0.2, 0.25) is 0 Å². The summed E-state index contributed by atoms with van der Waals surface area (Å²) < 4.78 is 0. The van der Waals surface area contributed by atoms with Gasteiger partial charge in [-0.25, -0.2) is 0 Å². The number of carbonyl (C=O) groups excluding carboxylic acids is 3. The van der Waals surface area contributed by atoms with Crippen molar-refractivity contribution in [3.8, 4) is 5.75 Å². The molecule has 0 unspecified atom stereocenters. The smallest absolute Gasteiger partial charge is 0.286 e. The van der Waals surface area contributed by atoms with E-state index in [-0.39, 0.29) is 38.9 Å². The summed E-state index contributed by atoms with van der Waals surface area (Å²) in [5, 5.41) is 15.5. The Morgan fingerprint density at radius 1 is 0.971 bits per heavy atom. The zero-order chi connectivity index (χ0) is 25.3. The van der Waals surface area contributed by atoms with Crippen molar-refractivity contribution in [1.82, 2.24) is 10.6 Å². The Bertz CT molecular complexity index is 1060. The van der Waals surface area contributed by atoms with Gasteiger partial charge in [0.1, 0.15) is 5.75 Å². The molecule has 7 heteroatoms. The molecule has 3 N–H and O–H groups in total. The maximum atomic E-state index is 12.9. The van der Waals surface area contributed by atoms with Gasteiger partial charge in [-0.2, -0.15) is 0 Å². The van der Waals surface area contributed by atoms with E-state index in [0.717, 1.165) is 34.0 Å². The number of aromatic hydroxyl groups is 1. The van der Waals surface area contributed by atoms with E-state index >= 15 is 0 Å². The summed E-state index contributed by atoms with van der Waals surface area (Å²) in [7, 11) is 0. The number of hydrogen-bond donors (Lipinski definition) is 3. The van der Waals surface area contributed by atoms with Crippen LogP contribution >= 0.6 is 11.8 Å². The zero-order valence-corrected chi connectivity index (χ0v) is 21.6. The molecule has 3 rings (SSSR count). The number of imide groups is 1. The summed E-state index contributed by atoms with van der Waals surface area (Å²) in [6.45, 7) is 12.6. The average molecular weight is 483 g/mol. The first-order valence-corrected chi connectivity index (χ1v) is 12.4. The molecule has 182 valence electrons. The largest absolute Gasteiger partial charge is 0.507 e. The number of phenolic OH excluding ortho intramolecular Hbond substituents is 1. The number of hydrogen-bond acceptors (Lipinski definition) is 5. The summed E-state index contributed by atoms with van der Waals surface area (Å²) in [6.07, 6.45) is 1.17. The maximum Gasteiger partial charge on any atom is 0.286 e. The average Bonchev–Trinajstić information content (AvgIpc) is 3.04. The molecule has 1 aliphatic rings. The van der Waals surface area contributed by atoms with Gasteiger partial charge in [0.25, 0.3) is 11.1 Å². The van der Waals surface area contributed by atoms with Gasteiger partial charge in [0.15, 0.2) is 0 Å². The van der Waals surface area contributed by atoms with Gasteiger partial charge in [0, 0.05) is 23.2 Å². The van der Waals surface area contributed by atoms with Crippen molar-refractivity contribution < 1.29 is 19.5 Å². The van der Waals surface area contributed by atoms with Gasteiger partial charge in [0.05, 0.1) is 5.25 Å². The molecular formula is C27H34N2O4S. The summed E-state index contributed by atoms with van der Waals surface area (Å²) in [6, 6.07) is 11.5. The van der Waals surface area contributed by atoms with Crippen LogP contribution in [0.5, 0.6) is 5.75 Å². The highest BCUT2D eigenvalue weighted by Gasteiger charge is 2.31.